The fourth-order valence-electron chi connectivity index (χ4n) is 1.42. The minimum absolute atomic E-state index is 0.0145. The second-order valence-corrected chi connectivity index (χ2v) is 4.05. The van der Waals surface area contributed by atoms with Gasteiger partial charge >= 0.3 is 0 Å². The van der Waals surface area contributed by atoms with Crippen molar-refractivity contribution in [3.8, 4) is 0 Å². The summed E-state index contributed by atoms with van der Waals surface area (Å²) in [7, 11) is 0. The fourth-order valence-corrected chi connectivity index (χ4v) is 1.42. The van der Waals surface area contributed by atoms with Crippen LogP contribution in [0, 0.1) is 0 Å². The normalized spacial score (nSPS) is 15.2. The average Bonchev–Trinajstić information content (AvgIpc) is 2.18. The lowest BCUT2D eigenvalue weighted by Gasteiger charge is -2.20. The molecule has 6 N–H and O–H groups in total. The highest BCUT2D eigenvalue weighted by atomic mass is 15.3. The van der Waals surface area contributed by atoms with E-state index in [0.717, 1.165) is 19.4 Å². The first kappa shape index (κ1) is 14.8. The van der Waals surface area contributed by atoms with Gasteiger partial charge in [-0.15, -0.1) is 0 Å². The Morgan fingerprint density at radius 3 is 2.27 bits per heavy atom. The zero-order chi connectivity index (χ0) is 11.5. The molecule has 15 heavy (non-hydrogen) atoms. The van der Waals surface area contributed by atoms with Gasteiger partial charge in [0.15, 0.2) is 0 Å². The van der Waals surface area contributed by atoms with E-state index in [1.165, 1.54) is 25.7 Å². The maximum atomic E-state index is 5.89. The second kappa shape index (κ2) is 10.4. The van der Waals surface area contributed by atoms with Gasteiger partial charge in [-0.05, 0) is 19.4 Å². The van der Waals surface area contributed by atoms with Gasteiger partial charge < -0.3 is 11.5 Å². The van der Waals surface area contributed by atoms with Gasteiger partial charge in [0, 0.05) is 0 Å². The summed E-state index contributed by atoms with van der Waals surface area (Å²) in [5.41, 5.74) is 11.7. The van der Waals surface area contributed by atoms with Crippen LogP contribution in [-0.4, -0.2) is 19.0 Å². The monoisotopic (exact) mass is 216 g/mol. The second-order valence-electron chi connectivity index (χ2n) is 4.05. The molecule has 0 saturated heterocycles. The van der Waals surface area contributed by atoms with Crippen molar-refractivity contribution >= 4 is 0 Å². The molecule has 0 rings (SSSR count). The van der Waals surface area contributed by atoms with Crippen LogP contribution in [-0.2, 0) is 0 Å². The number of nitrogens with two attached hydrogens (primary N) is 2. The average molecular weight is 216 g/mol. The molecule has 4 nitrogen and oxygen atoms in total. The van der Waals surface area contributed by atoms with Crippen molar-refractivity contribution in [2.45, 2.75) is 64.8 Å². The molecular weight excluding hydrogens is 188 g/mol. The summed E-state index contributed by atoms with van der Waals surface area (Å²) in [5, 5.41) is 6.33. The Kier molecular flexibility index (Phi) is 10.3. The Hall–Kier alpha value is -0.160. The minimum Gasteiger partial charge on any atom is -0.316 e. The topological polar surface area (TPSA) is 76.1 Å². The lowest BCUT2D eigenvalue weighted by molar-refractivity contribution is 0.360. The van der Waals surface area contributed by atoms with Crippen LogP contribution < -0.4 is 22.1 Å². The van der Waals surface area contributed by atoms with Crippen molar-refractivity contribution in [2.75, 3.05) is 6.54 Å². The third-order valence-corrected chi connectivity index (χ3v) is 2.41. The molecule has 2 atom stereocenters. The van der Waals surface area contributed by atoms with E-state index in [2.05, 4.69) is 24.5 Å². The number of hydrogen-bond acceptors (Lipinski definition) is 4. The summed E-state index contributed by atoms with van der Waals surface area (Å²) in [6, 6.07) is 0. The third-order valence-electron chi connectivity index (χ3n) is 2.41. The molecule has 0 fully saturated rings. The maximum absolute atomic E-state index is 5.89. The molecule has 0 aliphatic rings. The third kappa shape index (κ3) is 10.1. The first-order valence-electron chi connectivity index (χ1n) is 6.21. The lowest BCUT2D eigenvalue weighted by atomic mass is 10.2. The highest BCUT2D eigenvalue weighted by molar-refractivity contribution is 4.63. The van der Waals surface area contributed by atoms with Crippen LogP contribution in [0.3, 0.4) is 0 Å². The molecule has 4 heteroatoms. The minimum atomic E-state index is -0.173. The van der Waals surface area contributed by atoms with Crippen molar-refractivity contribution in [2.24, 2.45) is 11.5 Å². The van der Waals surface area contributed by atoms with Crippen molar-refractivity contribution in [1.29, 1.82) is 0 Å². The van der Waals surface area contributed by atoms with E-state index in [4.69, 9.17) is 11.5 Å². The van der Waals surface area contributed by atoms with E-state index in [1.807, 2.05) is 0 Å². The standard InChI is InChI=1S/C11H28N4/c1-3-5-7-8-10(12)15-11(13)14-9-6-4-2/h10-11,14-15H,3-9,12-13H2,1-2H3. The van der Waals surface area contributed by atoms with E-state index < -0.39 is 0 Å². The summed E-state index contributed by atoms with van der Waals surface area (Å²) in [5.74, 6) is 0. The van der Waals surface area contributed by atoms with Crippen LogP contribution in [0.15, 0.2) is 0 Å². The summed E-state index contributed by atoms with van der Waals surface area (Å²) in [6.45, 7) is 5.31. The first-order chi connectivity index (χ1) is 7.20. The molecule has 0 amide bonds. The Labute approximate surface area is 94.2 Å². The van der Waals surface area contributed by atoms with Crippen molar-refractivity contribution in [1.82, 2.24) is 10.6 Å². The SMILES string of the molecule is CCCCCC(N)NC(N)NCCCC. The molecular formula is C11H28N4. The Balaban J connectivity index is 3.35. The van der Waals surface area contributed by atoms with Gasteiger partial charge in [0.1, 0.15) is 6.29 Å². The largest absolute Gasteiger partial charge is 0.316 e. The Morgan fingerprint density at radius 2 is 1.67 bits per heavy atom. The van der Waals surface area contributed by atoms with Crippen LogP contribution in [0.25, 0.3) is 0 Å². The predicted octanol–water partition coefficient (Wildman–Crippen LogP) is 1.07. The lowest BCUT2D eigenvalue weighted by Crippen LogP contribution is -2.56. The molecule has 92 valence electrons. The van der Waals surface area contributed by atoms with Crippen LogP contribution in [0.2, 0.25) is 0 Å². The van der Waals surface area contributed by atoms with Crippen LogP contribution in [0.5, 0.6) is 0 Å². The molecule has 0 aromatic heterocycles. The Morgan fingerprint density at radius 1 is 1.00 bits per heavy atom. The van der Waals surface area contributed by atoms with Crippen molar-refractivity contribution in [3.05, 3.63) is 0 Å². The van der Waals surface area contributed by atoms with E-state index >= 15 is 0 Å². The number of hydrogen-bond donors (Lipinski definition) is 4. The summed E-state index contributed by atoms with van der Waals surface area (Å²) >= 11 is 0. The quantitative estimate of drug-likeness (QED) is 0.325. The molecule has 2 unspecified atom stereocenters. The molecule has 0 radical (unpaired) electrons. The number of rotatable bonds is 10. The molecule has 0 aliphatic carbocycles. The van der Waals surface area contributed by atoms with Gasteiger partial charge in [-0.25, -0.2) is 0 Å². The number of unbranched alkanes of at least 4 members (excludes halogenated alkanes) is 3. The van der Waals surface area contributed by atoms with Crippen molar-refractivity contribution in [3.63, 3.8) is 0 Å². The highest BCUT2D eigenvalue weighted by Gasteiger charge is 2.05. The van der Waals surface area contributed by atoms with Crippen LogP contribution >= 0.6 is 0 Å². The zero-order valence-corrected chi connectivity index (χ0v) is 10.3. The number of nitrogens with one attached hydrogen (secondary N) is 2. The maximum Gasteiger partial charge on any atom is 0.110 e. The molecule has 0 saturated carbocycles. The fraction of sp³-hybridized carbons (Fsp3) is 1.00. The van der Waals surface area contributed by atoms with Gasteiger partial charge in [0.05, 0.1) is 6.17 Å². The van der Waals surface area contributed by atoms with E-state index in [9.17, 15) is 0 Å². The first-order valence-corrected chi connectivity index (χ1v) is 6.21. The molecule has 0 aliphatic heterocycles. The molecule has 0 aromatic carbocycles. The molecule has 0 bridgehead atoms. The van der Waals surface area contributed by atoms with Gasteiger partial charge in [-0.1, -0.05) is 39.5 Å². The van der Waals surface area contributed by atoms with Crippen LogP contribution in [0.1, 0.15) is 52.4 Å². The Bertz CT molecular complexity index is 116. The molecule has 0 spiro atoms. The van der Waals surface area contributed by atoms with E-state index in [0.29, 0.717) is 0 Å². The highest BCUT2D eigenvalue weighted by Crippen LogP contribution is 1.99. The van der Waals surface area contributed by atoms with Gasteiger partial charge in [-0.2, -0.15) is 0 Å². The summed E-state index contributed by atoms with van der Waals surface area (Å²) in [4.78, 5) is 0. The molecule has 0 aromatic rings. The summed E-state index contributed by atoms with van der Waals surface area (Å²) < 4.78 is 0. The summed E-state index contributed by atoms with van der Waals surface area (Å²) in [6.07, 6.45) is 6.82. The predicted molar refractivity (Wildman–Crippen MR) is 66.1 cm³/mol. The van der Waals surface area contributed by atoms with E-state index in [-0.39, 0.29) is 12.5 Å². The van der Waals surface area contributed by atoms with Gasteiger partial charge in [0.25, 0.3) is 0 Å². The van der Waals surface area contributed by atoms with Crippen molar-refractivity contribution < 1.29 is 0 Å². The van der Waals surface area contributed by atoms with Gasteiger partial charge in [0.2, 0.25) is 0 Å². The van der Waals surface area contributed by atoms with Gasteiger partial charge in [-0.3, -0.25) is 10.6 Å². The molecule has 0 heterocycles. The smallest absolute Gasteiger partial charge is 0.110 e. The zero-order valence-electron chi connectivity index (χ0n) is 10.3. The van der Waals surface area contributed by atoms with E-state index in [1.54, 1.807) is 0 Å². The van der Waals surface area contributed by atoms with Crippen LogP contribution in [0.4, 0.5) is 0 Å².